The molecule has 1 aromatic carbocycles. The molecule has 3 rings (SSSR count). The fourth-order valence-corrected chi connectivity index (χ4v) is 2.19. The van der Waals surface area contributed by atoms with E-state index in [4.69, 9.17) is 0 Å². The third-order valence-electron chi connectivity index (χ3n) is 3.40. The minimum Gasteiger partial charge on any atom is -0.508 e. The van der Waals surface area contributed by atoms with Gasteiger partial charge in [0, 0.05) is 18.6 Å². The van der Waals surface area contributed by atoms with Crippen molar-refractivity contribution in [3.63, 3.8) is 0 Å². The van der Waals surface area contributed by atoms with E-state index in [1.807, 2.05) is 67.9 Å². The van der Waals surface area contributed by atoms with Crippen LogP contribution in [0.25, 0.3) is 23.1 Å². The van der Waals surface area contributed by atoms with Gasteiger partial charge in [-0.15, -0.1) is 0 Å². The van der Waals surface area contributed by atoms with Crippen molar-refractivity contribution in [1.29, 1.82) is 0 Å². The summed E-state index contributed by atoms with van der Waals surface area (Å²) in [7, 11) is 1.85. The first-order valence-electron chi connectivity index (χ1n) is 7.33. The number of phenolic OH excluding ortho intramolecular Hbond substituents is 1. The molecule has 4 nitrogen and oxygen atoms in total. The number of phenols is 1. The van der Waals surface area contributed by atoms with Gasteiger partial charge in [-0.25, -0.2) is 9.97 Å². The van der Waals surface area contributed by atoms with Crippen LogP contribution in [0.15, 0.2) is 60.8 Å². The minimum absolute atomic E-state index is 0.253. The molecular weight excluding hydrogens is 286 g/mol. The fourth-order valence-electron chi connectivity index (χ4n) is 2.19. The number of rotatable bonds is 4. The first kappa shape index (κ1) is 14.8. The van der Waals surface area contributed by atoms with Crippen molar-refractivity contribution in [2.24, 2.45) is 0 Å². The average molecular weight is 303 g/mol. The highest BCUT2D eigenvalue weighted by atomic mass is 16.3. The molecule has 2 aromatic heterocycles. The smallest absolute Gasteiger partial charge is 0.125 e. The maximum absolute atomic E-state index is 9.45. The lowest BCUT2D eigenvalue weighted by atomic mass is 10.2. The predicted molar refractivity (Wildman–Crippen MR) is 95.3 cm³/mol. The summed E-state index contributed by atoms with van der Waals surface area (Å²) in [5.41, 5.74) is 2.77. The molecule has 0 radical (unpaired) electrons. The molecule has 0 aliphatic carbocycles. The normalized spacial score (nSPS) is 11.5. The van der Waals surface area contributed by atoms with Gasteiger partial charge in [0.2, 0.25) is 0 Å². The number of nitrogens with one attached hydrogen (secondary N) is 1. The Morgan fingerprint density at radius 2 is 1.87 bits per heavy atom. The van der Waals surface area contributed by atoms with E-state index < -0.39 is 0 Å². The molecule has 0 saturated heterocycles. The summed E-state index contributed by atoms with van der Waals surface area (Å²) in [4.78, 5) is 8.79. The number of anilines is 1. The standard InChI is InChI=1S/C19H17N3O/c1-20-19-11-6-14(13-21-19)4-2-3-5-16-8-7-15-12-17(23)9-10-18(15)22-16/h2-13,23H,1H3,(H,20,21). The second-order valence-electron chi connectivity index (χ2n) is 5.06. The molecule has 0 aliphatic rings. The van der Waals surface area contributed by atoms with E-state index in [1.165, 1.54) is 0 Å². The molecule has 2 N–H and O–H groups in total. The van der Waals surface area contributed by atoms with E-state index in [2.05, 4.69) is 15.3 Å². The quantitative estimate of drug-likeness (QED) is 0.712. The number of aromatic hydroxyl groups is 1. The van der Waals surface area contributed by atoms with Crippen molar-refractivity contribution in [2.75, 3.05) is 12.4 Å². The van der Waals surface area contributed by atoms with E-state index in [0.29, 0.717) is 0 Å². The maximum Gasteiger partial charge on any atom is 0.125 e. The van der Waals surface area contributed by atoms with Gasteiger partial charge in [0.25, 0.3) is 0 Å². The van der Waals surface area contributed by atoms with Crippen LogP contribution in [0.1, 0.15) is 11.3 Å². The number of pyridine rings is 2. The molecule has 3 aromatic rings. The van der Waals surface area contributed by atoms with Crippen LogP contribution in [-0.2, 0) is 0 Å². The summed E-state index contributed by atoms with van der Waals surface area (Å²) >= 11 is 0. The number of allylic oxidation sites excluding steroid dienone is 2. The van der Waals surface area contributed by atoms with Crippen molar-refractivity contribution < 1.29 is 5.11 Å². The summed E-state index contributed by atoms with van der Waals surface area (Å²) in [5.74, 6) is 1.10. The molecule has 0 saturated carbocycles. The second-order valence-corrected chi connectivity index (χ2v) is 5.06. The lowest BCUT2D eigenvalue weighted by molar-refractivity contribution is 0.476. The Hall–Kier alpha value is -3.14. The Labute approximate surface area is 134 Å². The van der Waals surface area contributed by atoms with Crippen LogP contribution >= 0.6 is 0 Å². The highest BCUT2D eigenvalue weighted by Crippen LogP contribution is 2.19. The van der Waals surface area contributed by atoms with Gasteiger partial charge in [-0.3, -0.25) is 0 Å². The van der Waals surface area contributed by atoms with Crippen LogP contribution in [0.3, 0.4) is 0 Å². The van der Waals surface area contributed by atoms with Crippen LogP contribution in [0.4, 0.5) is 5.82 Å². The molecule has 0 aliphatic heterocycles. The third kappa shape index (κ3) is 3.74. The van der Waals surface area contributed by atoms with Crippen LogP contribution < -0.4 is 5.32 Å². The molecular formula is C19H17N3O. The van der Waals surface area contributed by atoms with E-state index in [9.17, 15) is 5.11 Å². The number of hydrogen-bond acceptors (Lipinski definition) is 4. The summed E-state index contributed by atoms with van der Waals surface area (Å²) in [6.45, 7) is 0. The summed E-state index contributed by atoms with van der Waals surface area (Å²) in [5, 5.41) is 13.4. The average Bonchev–Trinajstić information content (AvgIpc) is 2.59. The molecule has 0 unspecified atom stereocenters. The molecule has 2 heterocycles. The van der Waals surface area contributed by atoms with Gasteiger partial charge in [-0.1, -0.05) is 24.3 Å². The van der Waals surface area contributed by atoms with Gasteiger partial charge in [0.15, 0.2) is 0 Å². The maximum atomic E-state index is 9.45. The highest BCUT2D eigenvalue weighted by Gasteiger charge is 1.97. The van der Waals surface area contributed by atoms with Gasteiger partial charge in [-0.2, -0.15) is 0 Å². The lowest BCUT2D eigenvalue weighted by Crippen LogP contribution is -1.90. The van der Waals surface area contributed by atoms with Crippen molar-refractivity contribution in [2.45, 2.75) is 0 Å². The first-order chi connectivity index (χ1) is 11.2. The molecule has 114 valence electrons. The molecule has 0 spiro atoms. The van der Waals surface area contributed by atoms with E-state index >= 15 is 0 Å². The van der Waals surface area contributed by atoms with Crippen molar-refractivity contribution in [1.82, 2.24) is 9.97 Å². The van der Waals surface area contributed by atoms with Gasteiger partial charge >= 0.3 is 0 Å². The Morgan fingerprint density at radius 1 is 1.00 bits per heavy atom. The predicted octanol–water partition coefficient (Wildman–Crippen LogP) is 4.10. The van der Waals surface area contributed by atoms with E-state index in [0.717, 1.165) is 28.0 Å². The van der Waals surface area contributed by atoms with E-state index in [-0.39, 0.29) is 5.75 Å². The van der Waals surface area contributed by atoms with Crippen LogP contribution in [0, 0.1) is 0 Å². The molecule has 4 heteroatoms. The van der Waals surface area contributed by atoms with Crippen molar-refractivity contribution in [3.8, 4) is 5.75 Å². The Kier molecular flexibility index (Phi) is 4.34. The fraction of sp³-hybridized carbons (Fsp3) is 0.0526. The molecule has 23 heavy (non-hydrogen) atoms. The molecule has 0 fully saturated rings. The highest BCUT2D eigenvalue weighted by molar-refractivity contribution is 5.81. The Balaban J connectivity index is 1.71. The van der Waals surface area contributed by atoms with Gasteiger partial charge in [-0.05, 0) is 48.0 Å². The lowest BCUT2D eigenvalue weighted by Gasteiger charge is -1.99. The van der Waals surface area contributed by atoms with Gasteiger partial charge in [0.1, 0.15) is 11.6 Å². The molecule has 0 bridgehead atoms. The van der Waals surface area contributed by atoms with E-state index in [1.54, 1.807) is 12.1 Å². The van der Waals surface area contributed by atoms with Crippen molar-refractivity contribution >= 4 is 28.9 Å². The monoisotopic (exact) mass is 303 g/mol. The zero-order valence-electron chi connectivity index (χ0n) is 12.8. The Morgan fingerprint density at radius 3 is 2.65 bits per heavy atom. The van der Waals surface area contributed by atoms with Crippen molar-refractivity contribution in [3.05, 3.63) is 72.1 Å². The third-order valence-corrected chi connectivity index (χ3v) is 3.40. The Bertz CT molecular complexity index is 867. The summed E-state index contributed by atoms with van der Waals surface area (Å²) < 4.78 is 0. The summed E-state index contributed by atoms with van der Waals surface area (Å²) in [6.07, 6.45) is 9.65. The SMILES string of the molecule is CNc1ccc(C=CC=Cc2ccc3cc(O)ccc3n2)cn1. The van der Waals surface area contributed by atoms with Gasteiger partial charge in [0.05, 0.1) is 11.2 Å². The van der Waals surface area contributed by atoms with Crippen LogP contribution in [-0.4, -0.2) is 22.1 Å². The minimum atomic E-state index is 0.253. The second kappa shape index (κ2) is 6.75. The number of fused-ring (bicyclic) bond motifs is 1. The van der Waals surface area contributed by atoms with Crippen LogP contribution in [0.5, 0.6) is 5.75 Å². The molecule has 0 atom stereocenters. The largest absolute Gasteiger partial charge is 0.508 e. The zero-order chi connectivity index (χ0) is 16.1. The number of aromatic nitrogens is 2. The topological polar surface area (TPSA) is 58.0 Å². The number of nitrogens with zero attached hydrogens (tertiary/aromatic N) is 2. The van der Waals surface area contributed by atoms with Crippen LogP contribution in [0.2, 0.25) is 0 Å². The number of benzene rings is 1. The molecule has 0 amide bonds. The first-order valence-corrected chi connectivity index (χ1v) is 7.33. The van der Waals surface area contributed by atoms with Gasteiger partial charge < -0.3 is 10.4 Å². The summed E-state index contributed by atoms with van der Waals surface area (Å²) in [6, 6.07) is 13.0. The number of hydrogen-bond donors (Lipinski definition) is 2. The zero-order valence-corrected chi connectivity index (χ0v) is 12.8.